The molecule has 2 aromatic carbocycles. The van der Waals surface area contributed by atoms with Crippen molar-refractivity contribution in [2.45, 2.75) is 6.42 Å². The Kier molecular flexibility index (Phi) is 2.99. The van der Waals surface area contributed by atoms with Gasteiger partial charge in [-0.25, -0.2) is 0 Å². The quantitative estimate of drug-likeness (QED) is 0.673. The van der Waals surface area contributed by atoms with Crippen LogP contribution in [0.2, 0.25) is 0 Å². The summed E-state index contributed by atoms with van der Waals surface area (Å²) in [5.41, 5.74) is 0.960. The van der Waals surface area contributed by atoms with Crippen molar-refractivity contribution in [3.8, 4) is 11.5 Å². The molecule has 0 saturated carbocycles. The normalized spacial score (nSPS) is 10.9. The molecule has 4 heteroatoms. The van der Waals surface area contributed by atoms with Crippen molar-refractivity contribution >= 4 is 22.4 Å². The maximum Gasteiger partial charge on any atom is 0.248 e. The Morgan fingerprint density at radius 2 is 1.83 bits per heavy atom. The van der Waals surface area contributed by atoms with Crippen LogP contribution < -0.4 is 0 Å². The molecule has 0 aliphatic heterocycles. The zero-order valence-corrected chi connectivity index (χ0v) is 10.4. The van der Waals surface area contributed by atoms with Crippen molar-refractivity contribution in [2.75, 3.05) is 5.88 Å². The fraction of sp³-hybridized carbons (Fsp3) is 0.143. The van der Waals surface area contributed by atoms with E-state index in [0.717, 1.165) is 16.3 Å². The molecule has 1 aromatic heterocycles. The van der Waals surface area contributed by atoms with E-state index in [0.29, 0.717) is 24.1 Å². The molecule has 0 aliphatic carbocycles. The lowest BCUT2D eigenvalue weighted by atomic mass is 10.0. The first kappa shape index (κ1) is 11.2. The lowest BCUT2D eigenvalue weighted by molar-refractivity contribution is 0.514. The van der Waals surface area contributed by atoms with Gasteiger partial charge in [-0.2, -0.15) is 0 Å². The third kappa shape index (κ3) is 1.97. The summed E-state index contributed by atoms with van der Waals surface area (Å²) in [6.07, 6.45) is 0.597. The summed E-state index contributed by atoms with van der Waals surface area (Å²) >= 11 is 5.66. The van der Waals surface area contributed by atoms with Crippen LogP contribution in [0.15, 0.2) is 46.9 Å². The summed E-state index contributed by atoms with van der Waals surface area (Å²) < 4.78 is 5.61. The minimum Gasteiger partial charge on any atom is -0.421 e. The van der Waals surface area contributed by atoms with Gasteiger partial charge in [-0.3, -0.25) is 0 Å². The molecule has 3 aromatic rings. The second kappa shape index (κ2) is 4.78. The molecular formula is C14H11ClN2O. The number of hydrogen-bond acceptors (Lipinski definition) is 3. The molecule has 0 spiro atoms. The van der Waals surface area contributed by atoms with Crippen LogP contribution in [0.3, 0.4) is 0 Å². The smallest absolute Gasteiger partial charge is 0.248 e. The summed E-state index contributed by atoms with van der Waals surface area (Å²) in [7, 11) is 0. The summed E-state index contributed by atoms with van der Waals surface area (Å²) in [6.45, 7) is 0. The van der Waals surface area contributed by atoms with Crippen LogP contribution in [0.5, 0.6) is 0 Å². The van der Waals surface area contributed by atoms with E-state index in [1.165, 1.54) is 0 Å². The minimum absolute atomic E-state index is 0.483. The third-order valence-corrected chi connectivity index (χ3v) is 2.98. The highest BCUT2D eigenvalue weighted by Crippen LogP contribution is 2.27. The molecule has 0 bridgehead atoms. The number of alkyl halides is 1. The fourth-order valence-corrected chi connectivity index (χ4v) is 2.12. The molecule has 0 fully saturated rings. The zero-order chi connectivity index (χ0) is 12.4. The molecule has 18 heavy (non-hydrogen) atoms. The molecule has 0 radical (unpaired) electrons. The van der Waals surface area contributed by atoms with E-state index in [9.17, 15) is 0 Å². The molecular weight excluding hydrogens is 248 g/mol. The van der Waals surface area contributed by atoms with E-state index in [1.54, 1.807) is 0 Å². The van der Waals surface area contributed by atoms with E-state index in [1.807, 2.05) is 24.3 Å². The number of benzene rings is 2. The van der Waals surface area contributed by atoms with Gasteiger partial charge in [0.05, 0.1) is 0 Å². The highest BCUT2D eigenvalue weighted by atomic mass is 35.5. The maximum atomic E-state index is 5.66. The first-order valence-electron chi connectivity index (χ1n) is 5.75. The van der Waals surface area contributed by atoms with Crippen LogP contribution in [-0.4, -0.2) is 16.1 Å². The lowest BCUT2D eigenvalue weighted by Crippen LogP contribution is -1.84. The molecule has 0 aliphatic rings. The number of hydrogen-bond donors (Lipinski definition) is 0. The second-order valence-electron chi connectivity index (χ2n) is 3.97. The number of nitrogens with zero attached hydrogens (tertiary/aromatic N) is 2. The molecule has 3 rings (SSSR count). The Labute approximate surface area is 109 Å². The van der Waals surface area contributed by atoms with E-state index < -0.39 is 0 Å². The van der Waals surface area contributed by atoms with Gasteiger partial charge in [0.2, 0.25) is 11.8 Å². The van der Waals surface area contributed by atoms with Crippen molar-refractivity contribution in [1.82, 2.24) is 10.2 Å². The standard InChI is InChI=1S/C14H11ClN2O/c15-9-8-13-16-17-14(18-13)12-7-3-5-10-4-1-2-6-11(10)12/h1-7H,8-9H2. The van der Waals surface area contributed by atoms with Crippen molar-refractivity contribution in [2.24, 2.45) is 0 Å². The van der Waals surface area contributed by atoms with E-state index in [4.69, 9.17) is 16.0 Å². The van der Waals surface area contributed by atoms with Gasteiger partial charge in [-0.1, -0.05) is 36.4 Å². The lowest BCUT2D eigenvalue weighted by Gasteiger charge is -2.01. The molecule has 90 valence electrons. The van der Waals surface area contributed by atoms with Gasteiger partial charge in [0.15, 0.2) is 0 Å². The van der Waals surface area contributed by atoms with Crippen LogP contribution in [0.4, 0.5) is 0 Å². The number of aromatic nitrogens is 2. The molecule has 0 saturated heterocycles. The predicted molar refractivity (Wildman–Crippen MR) is 71.7 cm³/mol. The van der Waals surface area contributed by atoms with Crippen molar-refractivity contribution in [1.29, 1.82) is 0 Å². The van der Waals surface area contributed by atoms with Crippen LogP contribution in [0.25, 0.3) is 22.2 Å². The minimum atomic E-state index is 0.483. The number of aryl methyl sites for hydroxylation is 1. The monoisotopic (exact) mass is 258 g/mol. The maximum absolute atomic E-state index is 5.66. The Balaban J connectivity index is 2.12. The van der Waals surface area contributed by atoms with Crippen molar-refractivity contribution in [3.05, 3.63) is 48.4 Å². The van der Waals surface area contributed by atoms with Crippen LogP contribution >= 0.6 is 11.6 Å². The Morgan fingerprint density at radius 1 is 1.00 bits per heavy atom. The molecule has 0 unspecified atom stereocenters. The topological polar surface area (TPSA) is 38.9 Å². The second-order valence-corrected chi connectivity index (χ2v) is 4.34. The third-order valence-electron chi connectivity index (χ3n) is 2.80. The van der Waals surface area contributed by atoms with E-state index >= 15 is 0 Å². The summed E-state index contributed by atoms with van der Waals surface area (Å²) in [5, 5.41) is 10.3. The number of halogens is 1. The summed E-state index contributed by atoms with van der Waals surface area (Å²) in [5.74, 6) is 1.61. The molecule has 0 amide bonds. The molecule has 0 N–H and O–H groups in total. The van der Waals surface area contributed by atoms with Gasteiger partial charge in [-0.05, 0) is 16.8 Å². The van der Waals surface area contributed by atoms with Crippen LogP contribution in [0, 0.1) is 0 Å². The van der Waals surface area contributed by atoms with Crippen LogP contribution in [-0.2, 0) is 6.42 Å². The molecule has 1 heterocycles. The van der Waals surface area contributed by atoms with Crippen LogP contribution in [0.1, 0.15) is 5.89 Å². The average Bonchev–Trinajstić information content (AvgIpc) is 2.87. The highest BCUT2D eigenvalue weighted by Gasteiger charge is 2.10. The first-order chi connectivity index (χ1) is 8.88. The van der Waals surface area contributed by atoms with Crippen molar-refractivity contribution in [3.63, 3.8) is 0 Å². The number of rotatable bonds is 3. The fourth-order valence-electron chi connectivity index (χ4n) is 1.96. The largest absolute Gasteiger partial charge is 0.421 e. The first-order valence-corrected chi connectivity index (χ1v) is 6.28. The van der Waals surface area contributed by atoms with Gasteiger partial charge < -0.3 is 4.42 Å². The molecule has 0 atom stereocenters. The summed E-state index contributed by atoms with van der Waals surface area (Å²) in [4.78, 5) is 0. The predicted octanol–water partition coefficient (Wildman–Crippen LogP) is 3.67. The molecule has 3 nitrogen and oxygen atoms in total. The number of fused-ring (bicyclic) bond motifs is 1. The summed E-state index contributed by atoms with van der Waals surface area (Å²) in [6, 6.07) is 14.2. The Bertz CT molecular complexity index is 673. The Morgan fingerprint density at radius 3 is 2.72 bits per heavy atom. The average molecular weight is 259 g/mol. The van der Waals surface area contributed by atoms with Gasteiger partial charge in [0.1, 0.15) is 0 Å². The van der Waals surface area contributed by atoms with Gasteiger partial charge >= 0.3 is 0 Å². The van der Waals surface area contributed by atoms with E-state index in [2.05, 4.69) is 28.4 Å². The van der Waals surface area contributed by atoms with Gasteiger partial charge in [-0.15, -0.1) is 21.8 Å². The van der Waals surface area contributed by atoms with Gasteiger partial charge in [0.25, 0.3) is 0 Å². The Hall–Kier alpha value is -1.87. The van der Waals surface area contributed by atoms with Gasteiger partial charge in [0, 0.05) is 17.9 Å². The van der Waals surface area contributed by atoms with Crippen molar-refractivity contribution < 1.29 is 4.42 Å². The SMILES string of the molecule is ClCCc1nnc(-c2cccc3ccccc23)o1. The highest BCUT2D eigenvalue weighted by molar-refractivity contribution is 6.17. The zero-order valence-electron chi connectivity index (χ0n) is 9.64. The van der Waals surface area contributed by atoms with E-state index in [-0.39, 0.29) is 0 Å².